The van der Waals surface area contributed by atoms with Gasteiger partial charge >= 0.3 is 5.97 Å². The lowest BCUT2D eigenvalue weighted by Crippen LogP contribution is -2.55. The van der Waals surface area contributed by atoms with Crippen LogP contribution < -0.4 is 21.3 Å². The Kier molecular flexibility index (Phi) is 22.3. The van der Waals surface area contributed by atoms with Crippen LogP contribution >= 0.6 is 0 Å². The predicted octanol–water partition coefficient (Wildman–Crippen LogP) is 2.88. The van der Waals surface area contributed by atoms with E-state index in [4.69, 9.17) is 4.74 Å². The smallest absolute Gasteiger partial charge is 0.308 e. The number of aromatic amines is 1. The molecule has 1 fully saturated rings. The zero-order chi connectivity index (χ0) is 50.6. The minimum atomic E-state index is -0.913. The summed E-state index contributed by atoms with van der Waals surface area (Å²) < 4.78 is 4.91. The van der Waals surface area contributed by atoms with Crippen LogP contribution in [0.5, 0.6) is 0 Å². The highest BCUT2D eigenvalue weighted by atomic mass is 16.5. The first-order valence-corrected chi connectivity index (χ1v) is 25.5. The summed E-state index contributed by atoms with van der Waals surface area (Å²) in [5.74, 6) is -1.42. The van der Waals surface area contributed by atoms with Crippen molar-refractivity contribution in [2.45, 2.75) is 104 Å². The minimum absolute atomic E-state index is 0.157. The highest BCUT2D eigenvalue weighted by Crippen LogP contribution is 2.27. The van der Waals surface area contributed by atoms with E-state index < -0.39 is 30.0 Å². The Bertz CT molecular complexity index is 2130. The molecular weight excluding hydrogens is 893 g/mol. The van der Waals surface area contributed by atoms with E-state index in [2.05, 4.69) is 71.6 Å². The van der Waals surface area contributed by atoms with Crippen molar-refractivity contribution in [1.29, 1.82) is 0 Å². The zero-order valence-corrected chi connectivity index (χ0v) is 42.8. The first-order chi connectivity index (χ1) is 33.8. The third kappa shape index (κ3) is 16.5. The van der Waals surface area contributed by atoms with Crippen molar-refractivity contribution in [1.82, 2.24) is 55.3 Å². The lowest BCUT2D eigenvalue weighted by atomic mass is 10.1. The molecule has 1 saturated heterocycles. The second-order valence-corrected chi connectivity index (χ2v) is 18.5. The number of anilines is 1. The number of likely N-dealkylation sites (N-methyl/N-ethyl adjacent to an activating group) is 3. The fourth-order valence-electron chi connectivity index (χ4n) is 9.05. The number of nitrogens with zero attached hydrogens (tertiary/aromatic N) is 7. The van der Waals surface area contributed by atoms with Crippen LogP contribution in [-0.4, -0.2) is 199 Å². The molecule has 2 aliphatic heterocycles. The summed E-state index contributed by atoms with van der Waals surface area (Å²) in [4.78, 5) is 102. The van der Waals surface area contributed by atoms with Gasteiger partial charge in [0.1, 0.15) is 23.9 Å². The van der Waals surface area contributed by atoms with E-state index >= 15 is 0 Å². The fourth-order valence-corrected chi connectivity index (χ4v) is 9.05. The van der Waals surface area contributed by atoms with Crippen molar-refractivity contribution >= 4 is 52.2 Å². The second-order valence-electron chi connectivity index (χ2n) is 18.5. The number of imidazole rings is 1. The molecule has 0 radical (unpaired) electrons. The molecule has 3 atom stereocenters. The Labute approximate surface area is 414 Å². The van der Waals surface area contributed by atoms with Crippen molar-refractivity contribution in [2.24, 2.45) is 0 Å². The van der Waals surface area contributed by atoms with Gasteiger partial charge in [-0.15, -0.1) is 0 Å². The normalized spacial score (nSPS) is 17.8. The van der Waals surface area contributed by atoms with Gasteiger partial charge in [-0.3, -0.25) is 33.7 Å². The monoisotopic (exact) mass is 973 g/mol. The number of hydrogen-bond donors (Lipinski definition) is 5. The van der Waals surface area contributed by atoms with Gasteiger partial charge in [-0.25, -0.2) is 4.98 Å². The van der Waals surface area contributed by atoms with Crippen molar-refractivity contribution in [3.63, 3.8) is 0 Å². The van der Waals surface area contributed by atoms with Gasteiger partial charge in [-0.2, -0.15) is 0 Å². The summed E-state index contributed by atoms with van der Waals surface area (Å²) in [7, 11) is 2.98. The number of amides is 5. The summed E-state index contributed by atoms with van der Waals surface area (Å²) in [6.07, 6.45) is 2.28. The van der Waals surface area contributed by atoms with Crippen LogP contribution in [-0.2, 0) is 41.8 Å². The number of benzene rings is 2. The number of H-pyrrole nitrogens is 1. The van der Waals surface area contributed by atoms with Crippen molar-refractivity contribution in [2.75, 3.05) is 111 Å². The van der Waals surface area contributed by atoms with E-state index in [-0.39, 0.29) is 62.8 Å². The molecule has 5 amide bonds. The number of carbonyl (C=O) groups is 6. The standard InChI is InChI=1S/C51H80N12O7/c1-8-16-42(57-49(67)43(17-9-2)56-46(64)36-62-30-28-60(11-4)26-24-59(10-3)25-27-61(12-5)29-31-62)48(66)52-22-15-23-63-34-38-32-37(20-21-39(38)53-44(51(63)69)33-47(65)70-7)50(68)58(6)35-45-54-40-18-13-14-19-41(40)55-45/h13-14,18-21,32,42-44,53H,8-12,15-17,22-31,33-36H2,1-7H3,(H,52,66)(H,54,55)(H,56,64)(H,57,67)/t42-,43-,44-/m0/s1. The van der Waals surface area contributed by atoms with Gasteiger partial charge in [-0.1, -0.05) is 59.6 Å². The molecule has 5 N–H and O–H groups in total. The van der Waals surface area contributed by atoms with Crippen LogP contribution in [0.3, 0.4) is 0 Å². The quantitative estimate of drug-likeness (QED) is 0.0727. The molecule has 0 saturated carbocycles. The molecule has 70 heavy (non-hydrogen) atoms. The van der Waals surface area contributed by atoms with Crippen LogP contribution in [0.1, 0.15) is 94.9 Å². The molecule has 3 heterocycles. The topological polar surface area (TPSA) is 208 Å². The lowest BCUT2D eigenvalue weighted by molar-refractivity contribution is -0.144. The number of rotatable bonds is 22. The Balaban J connectivity index is 1.17. The summed E-state index contributed by atoms with van der Waals surface area (Å²) in [6.45, 7) is 21.5. The minimum Gasteiger partial charge on any atom is -0.469 e. The van der Waals surface area contributed by atoms with Crippen molar-refractivity contribution in [3.8, 4) is 0 Å². The average molecular weight is 973 g/mol. The van der Waals surface area contributed by atoms with Crippen LogP contribution in [0, 0.1) is 0 Å². The van der Waals surface area contributed by atoms with Gasteiger partial charge in [0.05, 0.1) is 37.7 Å². The highest BCUT2D eigenvalue weighted by Gasteiger charge is 2.32. The molecule has 19 nitrogen and oxygen atoms in total. The number of nitrogens with one attached hydrogen (secondary N) is 5. The molecule has 5 rings (SSSR count). The van der Waals surface area contributed by atoms with Gasteiger partial charge < -0.3 is 55.5 Å². The molecule has 19 heteroatoms. The molecule has 3 aromatic rings. The summed E-state index contributed by atoms with van der Waals surface area (Å²) in [5.41, 5.74) is 3.44. The van der Waals surface area contributed by atoms with Gasteiger partial charge in [-0.05, 0) is 74.8 Å². The summed E-state index contributed by atoms with van der Waals surface area (Å²) in [5, 5.41) is 12.1. The maximum Gasteiger partial charge on any atom is 0.308 e. The molecule has 0 aliphatic carbocycles. The summed E-state index contributed by atoms with van der Waals surface area (Å²) in [6, 6.07) is 10.3. The maximum atomic E-state index is 14.0. The molecule has 2 aromatic carbocycles. The Hall–Kier alpha value is -5.63. The third-order valence-electron chi connectivity index (χ3n) is 13.4. The number of para-hydroxylation sites is 2. The molecule has 1 aromatic heterocycles. The molecule has 386 valence electrons. The fraction of sp³-hybridized carbons (Fsp3) is 0.627. The zero-order valence-electron chi connectivity index (χ0n) is 42.8. The molecular formula is C51H80N12O7. The average Bonchev–Trinajstić information content (AvgIpc) is 3.71. The number of hydrogen-bond acceptors (Lipinski definition) is 13. The van der Waals surface area contributed by atoms with E-state index in [9.17, 15) is 28.8 Å². The molecule has 2 aliphatic rings. The molecule has 0 unspecified atom stereocenters. The number of aromatic nitrogens is 2. The highest BCUT2D eigenvalue weighted by molar-refractivity contribution is 5.96. The van der Waals surface area contributed by atoms with Crippen LogP contribution in [0.25, 0.3) is 11.0 Å². The van der Waals surface area contributed by atoms with E-state index in [1.54, 1.807) is 35.0 Å². The number of fused-ring (bicyclic) bond motifs is 2. The molecule has 0 spiro atoms. The largest absolute Gasteiger partial charge is 0.469 e. The third-order valence-corrected chi connectivity index (χ3v) is 13.4. The Morgan fingerprint density at radius 2 is 1.40 bits per heavy atom. The van der Waals surface area contributed by atoms with E-state index in [1.165, 1.54) is 7.11 Å². The van der Waals surface area contributed by atoms with Gasteiger partial charge in [0.25, 0.3) is 5.91 Å². The predicted molar refractivity (Wildman–Crippen MR) is 272 cm³/mol. The first kappa shape index (κ1) is 55.3. The number of methoxy groups -OCH3 is 1. The summed E-state index contributed by atoms with van der Waals surface area (Å²) >= 11 is 0. The van der Waals surface area contributed by atoms with Crippen LogP contribution in [0.4, 0.5) is 5.69 Å². The maximum absolute atomic E-state index is 14.0. The van der Waals surface area contributed by atoms with E-state index in [1.807, 2.05) is 38.1 Å². The van der Waals surface area contributed by atoms with Crippen molar-refractivity contribution < 1.29 is 33.5 Å². The number of carbonyl (C=O) groups excluding carboxylic acids is 6. The Morgan fingerprint density at radius 3 is 1.99 bits per heavy atom. The molecule has 0 bridgehead atoms. The van der Waals surface area contributed by atoms with E-state index in [0.29, 0.717) is 54.7 Å². The van der Waals surface area contributed by atoms with Gasteiger partial charge in [0.15, 0.2) is 0 Å². The lowest BCUT2D eigenvalue weighted by Gasteiger charge is -2.33. The number of ether oxygens (including phenoxy) is 1. The van der Waals surface area contributed by atoms with Gasteiger partial charge in [0.2, 0.25) is 23.6 Å². The SMILES string of the molecule is CCC[C@H](NC(=O)CN1CCN(CC)CCN(CC)CCN(CC)CC1)C(=O)N[C@@H](CCC)C(=O)NCCCN1Cc2cc(C(=O)N(C)Cc3nc4ccccc4[nH]3)ccc2N[C@@H](CC(=O)OC)C1=O. The second kappa shape index (κ2) is 28.3. The van der Waals surface area contributed by atoms with Gasteiger partial charge in [0, 0.05) is 90.3 Å². The van der Waals surface area contributed by atoms with Crippen molar-refractivity contribution in [3.05, 3.63) is 59.4 Å². The van der Waals surface area contributed by atoms with E-state index in [0.717, 1.165) is 83.0 Å². The van der Waals surface area contributed by atoms with Crippen LogP contribution in [0.2, 0.25) is 0 Å². The Morgan fingerprint density at radius 1 is 0.800 bits per heavy atom. The first-order valence-electron chi connectivity index (χ1n) is 25.5. The van der Waals surface area contributed by atoms with Crippen LogP contribution in [0.15, 0.2) is 42.5 Å². The number of esters is 1.